The number of unbranched alkanes of at least 4 members (excludes halogenated alkanes) is 2. The average Bonchev–Trinajstić information content (AvgIpc) is 2.80. The molecular weight excluding hydrogens is 464 g/mol. The van der Waals surface area contributed by atoms with E-state index in [4.69, 9.17) is 9.84 Å². The van der Waals surface area contributed by atoms with E-state index in [2.05, 4.69) is 10.0 Å². The molecule has 0 saturated carbocycles. The van der Waals surface area contributed by atoms with Gasteiger partial charge in [-0.05, 0) is 36.2 Å². The molecule has 0 aliphatic rings. The van der Waals surface area contributed by atoms with Crippen molar-refractivity contribution in [3.63, 3.8) is 0 Å². The zero-order chi connectivity index (χ0) is 25.1. The highest BCUT2D eigenvalue weighted by Gasteiger charge is 2.25. The Hall–Kier alpha value is -3.44. The first-order chi connectivity index (χ1) is 16.1. The Labute approximate surface area is 198 Å². The van der Waals surface area contributed by atoms with E-state index in [0.717, 1.165) is 19.3 Å². The van der Waals surface area contributed by atoms with Gasteiger partial charge in [-0.25, -0.2) is 22.7 Å². The van der Waals surface area contributed by atoms with E-state index in [0.29, 0.717) is 6.54 Å². The van der Waals surface area contributed by atoms with Crippen LogP contribution in [0.15, 0.2) is 53.4 Å². The largest absolute Gasteiger partial charge is 0.481 e. The van der Waals surface area contributed by atoms with Gasteiger partial charge >= 0.3 is 11.9 Å². The molecule has 184 valence electrons. The zero-order valence-corrected chi connectivity index (χ0v) is 19.5. The lowest BCUT2D eigenvalue weighted by Crippen LogP contribution is -2.34. The van der Waals surface area contributed by atoms with Crippen molar-refractivity contribution in [2.75, 3.05) is 13.2 Å². The number of benzene rings is 2. The molecule has 1 amide bonds. The third-order valence-electron chi connectivity index (χ3n) is 4.83. The van der Waals surface area contributed by atoms with Gasteiger partial charge in [0.2, 0.25) is 15.9 Å². The Morgan fingerprint density at radius 3 is 2.35 bits per heavy atom. The summed E-state index contributed by atoms with van der Waals surface area (Å²) in [5.74, 6) is -3.27. The van der Waals surface area contributed by atoms with Gasteiger partial charge in [0.05, 0.1) is 10.9 Å². The van der Waals surface area contributed by atoms with Crippen molar-refractivity contribution in [1.82, 2.24) is 10.0 Å². The molecule has 0 saturated heterocycles. The Balaban J connectivity index is 2.36. The number of hydrogen-bond acceptors (Lipinski definition) is 6. The SMILES string of the molecule is CCCCCNC(=O)CC(NS(=O)(=O)c1ccccc1)c1ccc(OCC(=O)O)c(C(=O)O)c1. The predicted molar refractivity (Wildman–Crippen MR) is 123 cm³/mol. The standard InChI is InChI=1S/C23H28N2O8S/c1-2-3-7-12-24-21(26)14-19(25-34(31,32)17-8-5-4-6-9-17)16-10-11-20(33-15-22(27)28)18(13-16)23(29)30/h4-6,8-11,13,19,25H,2-3,7,12,14-15H2,1H3,(H,24,26)(H,27,28)(H,29,30). The number of amides is 1. The molecule has 0 bridgehead atoms. The van der Waals surface area contributed by atoms with Gasteiger partial charge in [-0.2, -0.15) is 0 Å². The molecule has 4 N–H and O–H groups in total. The third kappa shape index (κ3) is 8.16. The maximum atomic E-state index is 12.9. The fourth-order valence-corrected chi connectivity index (χ4v) is 4.39. The molecule has 0 fully saturated rings. The molecule has 2 aromatic rings. The van der Waals surface area contributed by atoms with Crippen molar-refractivity contribution in [3.05, 3.63) is 59.7 Å². The number of hydrogen-bond donors (Lipinski definition) is 4. The van der Waals surface area contributed by atoms with Gasteiger partial charge in [-0.15, -0.1) is 0 Å². The predicted octanol–water partition coefficient (Wildman–Crippen LogP) is 2.56. The van der Waals surface area contributed by atoms with Crippen LogP contribution in [-0.4, -0.2) is 49.6 Å². The van der Waals surface area contributed by atoms with Crippen LogP contribution in [0.5, 0.6) is 5.75 Å². The molecule has 2 aromatic carbocycles. The zero-order valence-electron chi connectivity index (χ0n) is 18.7. The van der Waals surface area contributed by atoms with Gasteiger partial charge in [-0.3, -0.25) is 4.79 Å². The lowest BCUT2D eigenvalue weighted by atomic mass is 10.0. The van der Waals surface area contributed by atoms with Crippen molar-refractivity contribution in [2.45, 2.75) is 43.5 Å². The summed E-state index contributed by atoms with van der Waals surface area (Å²) >= 11 is 0. The van der Waals surface area contributed by atoms with Crippen LogP contribution in [0.4, 0.5) is 0 Å². The molecule has 0 aliphatic carbocycles. The second kappa shape index (κ2) is 12.7. The number of carboxylic acid groups (broad SMARTS) is 2. The Morgan fingerprint density at radius 2 is 1.74 bits per heavy atom. The topological polar surface area (TPSA) is 159 Å². The first kappa shape index (κ1) is 26.8. The van der Waals surface area contributed by atoms with Gasteiger partial charge < -0.3 is 20.3 Å². The van der Waals surface area contributed by atoms with Gasteiger partial charge in [0.25, 0.3) is 0 Å². The van der Waals surface area contributed by atoms with Crippen LogP contribution in [0.3, 0.4) is 0 Å². The highest BCUT2D eigenvalue weighted by molar-refractivity contribution is 7.89. The number of carbonyl (C=O) groups is 3. The minimum absolute atomic E-state index is 0.0109. The summed E-state index contributed by atoms with van der Waals surface area (Å²) in [7, 11) is -4.03. The van der Waals surface area contributed by atoms with Crippen LogP contribution >= 0.6 is 0 Å². The fourth-order valence-electron chi connectivity index (χ4n) is 3.14. The molecule has 0 aromatic heterocycles. The highest BCUT2D eigenvalue weighted by Crippen LogP contribution is 2.27. The lowest BCUT2D eigenvalue weighted by molar-refractivity contribution is -0.139. The molecular formula is C23H28N2O8S. The molecule has 11 heteroatoms. The quantitative estimate of drug-likeness (QED) is 0.293. The van der Waals surface area contributed by atoms with Crippen molar-refractivity contribution in [2.24, 2.45) is 0 Å². The lowest BCUT2D eigenvalue weighted by Gasteiger charge is -2.20. The third-order valence-corrected chi connectivity index (χ3v) is 6.32. The van der Waals surface area contributed by atoms with E-state index in [1.807, 2.05) is 6.92 Å². The molecule has 1 unspecified atom stereocenters. The second-order valence-electron chi connectivity index (χ2n) is 7.49. The van der Waals surface area contributed by atoms with Gasteiger partial charge in [-0.1, -0.05) is 44.0 Å². The van der Waals surface area contributed by atoms with Crippen molar-refractivity contribution < 1.29 is 37.8 Å². The van der Waals surface area contributed by atoms with Crippen molar-refractivity contribution in [1.29, 1.82) is 0 Å². The van der Waals surface area contributed by atoms with E-state index >= 15 is 0 Å². The van der Waals surface area contributed by atoms with E-state index in [1.165, 1.54) is 30.3 Å². The first-order valence-corrected chi connectivity index (χ1v) is 12.2. The number of sulfonamides is 1. The maximum absolute atomic E-state index is 12.9. The minimum atomic E-state index is -4.03. The number of rotatable bonds is 14. The van der Waals surface area contributed by atoms with E-state index < -0.39 is 40.5 Å². The number of aliphatic carboxylic acids is 1. The number of aromatic carboxylic acids is 1. The number of nitrogens with one attached hydrogen (secondary N) is 2. The van der Waals surface area contributed by atoms with Crippen LogP contribution in [0.25, 0.3) is 0 Å². The molecule has 0 aliphatic heterocycles. The second-order valence-corrected chi connectivity index (χ2v) is 9.21. The van der Waals surface area contributed by atoms with E-state index in [1.54, 1.807) is 18.2 Å². The van der Waals surface area contributed by atoms with Gasteiger partial charge in [0, 0.05) is 13.0 Å². The monoisotopic (exact) mass is 492 g/mol. The molecule has 0 spiro atoms. The van der Waals surface area contributed by atoms with Gasteiger partial charge in [0.15, 0.2) is 6.61 Å². The minimum Gasteiger partial charge on any atom is -0.481 e. The van der Waals surface area contributed by atoms with Gasteiger partial charge in [0.1, 0.15) is 11.3 Å². The average molecular weight is 493 g/mol. The summed E-state index contributed by atoms with van der Waals surface area (Å²) in [5, 5.41) is 21.1. The first-order valence-electron chi connectivity index (χ1n) is 10.7. The maximum Gasteiger partial charge on any atom is 0.341 e. The molecule has 2 rings (SSSR count). The Bertz CT molecular complexity index is 1100. The molecule has 0 heterocycles. The van der Waals surface area contributed by atoms with E-state index in [-0.39, 0.29) is 28.2 Å². The molecule has 0 radical (unpaired) electrons. The van der Waals surface area contributed by atoms with Crippen LogP contribution in [0, 0.1) is 0 Å². The molecule has 1 atom stereocenters. The summed E-state index contributed by atoms with van der Waals surface area (Å²) in [6, 6.07) is 10.3. The normalized spacial score (nSPS) is 12.0. The number of carboxylic acids is 2. The smallest absolute Gasteiger partial charge is 0.341 e. The fraction of sp³-hybridized carbons (Fsp3) is 0.348. The number of carbonyl (C=O) groups excluding carboxylic acids is 1. The highest BCUT2D eigenvalue weighted by atomic mass is 32.2. The van der Waals surface area contributed by atoms with Crippen molar-refractivity contribution in [3.8, 4) is 5.75 Å². The summed E-state index contributed by atoms with van der Waals surface area (Å²) in [4.78, 5) is 35.0. The Morgan fingerprint density at radius 1 is 1.03 bits per heavy atom. The Kier molecular flexibility index (Phi) is 10.0. The van der Waals surface area contributed by atoms with Crippen LogP contribution in [0.1, 0.15) is 54.6 Å². The summed E-state index contributed by atoms with van der Waals surface area (Å²) in [6.45, 7) is 1.72. The summed E-state index contributed by atoms with van der Waals surface area (Å²) in [5.41, 5.74) is -0.144. The van der Waals surface area contributed by atoms with Crippen LogP contribution in [0.2, 0.25) is 0 Å². The van der Waals surface area contributed by atoms with Crippen LogP contribution in [-0.2, 0) is 19.6 Å². The summed E-state index contributed by atoms with van der Waals surface area (Å²) in [6.07, 6.45) is 2.42. The van der Waals surface area contributed by atoms with Crippen LogP contribution < -0.4 is 14.8 Å². The van der Waals surface area contributed by atoms with E-state index in [9.17, 15) is 27.9 Å². The molecule has 34 heavy (non-hydrogen) atoms. The number of ether oxygens (including phenoxy) is 1. The summed E-state index contributed by atoms with van der Waals surface area (Å²) < 4.78 is 33.3. The molecule has 10 nitrogen and oxygen atoms in total. The van der Waals surface area contributed by atoms with Crippen molar-refractivity contribution >= 4 is 27.9 Å².